The van der Waals surface area contributed by atoms with E-state index in [1.165, 1.54) is 23.3 Å². The fourth-order valence-corrected chi connectivity index (χ4v) is 3.90. The minimum atomic E-state index is -3.70. The molecule has 1 aliphatic rings. The number of hydrogen-bond donors (Lipinski definition) is 1. The Bertz CT molecular complexity index is 1010. The predicted octanol–water partition coefficient (Wildman–Crippen LogP) is 2.24. The van der Waals surface area contributed by atoms with Gasteiger partial charge in [0, 0.05) is 5.56 Å². The molecular weight excluding hydrogens is 336 g/mol. The van der Waals surface area contributed by atoms with E-state index in [0.29, 0.717) is 5.82 Å². The van der Waals surface area contributed by atoms with Gasteiger partial charge < -0.3 is 0 Å². The Hall–Kier alpha value is -2.51. The van der Waals surface area contributed by atoms with Gasteiger partial charge in [-0.1, -0.05) is 24.3 Å². The summed E-state index contributed by atoms with van der Waals surface area (Å²) < 4.78 is 24.8. The SMILES string of the molecule is Cc1nc(-c2ccc(S(N)(=O)=O)cc2)n(C2Cc3ccccc3C2)n1. The van der Waals surface area contributed by atoms with Crippen molar-refractivity contribution in [2.24, 2.45) is 5.14 Å². The van der Waals surface area contributed by atoms with E-state index in [0.717, 1.165) is 24.2 Å². The van der Waals surface area contributed by atoms with E-state index in [-0.39, 0.29) is 10.9 Å². The maximum Gasteiger partial charge on any atom is 0.238 e. The second kappa shape index (κ2) is 5.79. The number of aryl methyl sites for hydroxylation is 1. The highest BCUT2D eigenvalue weighted by molar-refractivity contribution is 7.89. The van der Waals surface area contributed by atoms with Crippen LogP contribution in [0.15, 0.2) is 53.4 Å². The molecule has 0 aliphatic heterocycles. The molecule has 25 heavy (non-hydrogen) atoms. The zero-order chi connectivity index (χ0) is 17.6. The fourth-order valence-electron chi connectivity index (χ4n) is 3.38. The molecule has 1 aromatic heterocycles. The third-order valence-corrected chi connectivity index (χ3v) is 5.48. The summed E-state index contributed by atoms with van der Waals surface area (Å²) in [5.74, 6) is 1.44. The summed E-state index contributed by atoms with van der Waals surface area (Å²) in [6.45, 7) is 1.86. The maximum atomic E-state index is 11.4. The van der Waals surface area contributed by atoms with E-state index < -0.39 is 10.0 Å². The van der Waals surface area contributed by atoms with Gasteiger partial charge >= 0.3 is 0 Å². The van der Waals surface area contributed by atoms with Crippen LogP contribution in [-0.4, -0.2) is 23.2 Å². The standard InChI is InChI=1S/C18H18N4O2S/c1-12-20-18(13-6-8-17(9-7-13)25(19,23)24)22(21-12)16-10-14-4-2-3-5-15(14)11-16/h2-9,16H,10-11H2,1H3,(H2,19,23,24). The number of aromatic nitrogens is 3. The first-order valence-electron chi connectivity index (χ1n) is 8.05. The normalized spacial score (nSPS) is 14.6. The summed E-state index contributed by atoms with van der Waals surface area (Å²) >= 11 is 0. The number of primary sulfonamides is 1. The minimum absolute atomic E-state index is 0.0901. The van der Waals surface area contributed by atoms with Crippen molar-refractivity contribution in [2.75, 3.05) is 0 Å². The molecule has 4 rings (SSSR count). The topological polar surface area (TPSA) is 90.9 Å². The smallest absolute Gasteiger partial charge is 0.238 e. The fraction of sp³-hybridized carbons (Fsp3) is 0.222. The molecule has 7 heteroatoms. The number of nitrogens with zero attached hydrogens (tertiary/aromatic N) is 3. The van der Waals surface area contributed by atoms with E-state index in [1.54, 1.807) is 12.1 Å². The van der Waals surface area contributed by atoms with Gasteiger partial charge in [-0.25, -0.2) is 23.2 Å². The molecule has 0 atom stereocenters. The van der Waals surface area contributed by atoms with Crippen LogP contribution in [0.5, 0.6) is 0 Å². The minimum Gasteiger partial charge on any atom is -0.242 e. The Kier molecular flexibility index (Phi) is 3.70. The van der Waals surface area contributed by atoms with Crippen LogP contribution in [0, 0.1) is 6.92 Å². The Morgan fingerprint density at radius 1 is 1.04 bits per heavy atom. The van der Waals surface area contributed by atoms with Crippen LogP contribution in [0.4, 0.5) is 0 Å². The Labute approximate surface area is 146 Å². The molecule has 128 valence electrons. The third kappa shape index (κ3) is 2.96. The quantitative estimate of drug-likeness (QED) is 0.781. The van der Waals surface area contributed by atoms with Crippen molar-refractivity contribution >= 4 is 10.0 Å². The van der Waals surface area contributed by atoms with Gasteiger partial charge in [0.2, 0.25) is 10.0 Å². The first kappa shape index (κ1) is 16.0. The lowest BCUT2D eigenvalue weighted by Crippen LogP contribution is -2.13. The first-order valence-corrected chi connectivity index (χ1v) is 9.59. The number of sulfonamides is 1. The molecule has 1 heterocycles. The van der Waals surface area contributed by atoms with Crippen LogP contribution in [0.1, 0.15) is 23.0 Å². The number of nitrogens with two attached hydrogens (primary N) is 1. The molecule has 2 aromatic carbocycles. The Morgan fingerprint density at radius 3 is 2.20 bits per heavy atom. The maximum absolute atomic E-state index is 11.4. The van der Waals surface area contributed by atoms with Crippen LogP contribution in [0.3, 0.4) is 0 Å². The predicted molar refractivity (Wildman–Crippen MR) is 94.5 cm³/mol. The summed E-state index contributed by atoms with van der Waals surface area (Å²) in [7, 11) is -3.70. The molecule has 0 bridgehead atoms. The second-order valence-electron chi connectivity index (χ2n) is 6.33. The second-order valence-corrected chi connectivity index (χ2v) is 7.89. The molecule has 0 fully saturated rings. The van der Waals surface area contributed by atoms with Crippen LogP contribution in [0.25, 0.3) is 11.4 Å². The van der Waals surface area contributed by atoms with Gasteiger partial charge in [0.25, 0.3) is 0 Å². The monoisotopic (exact) mass is 354 g/mol. The van der Waals surface area contributed by atoms with Gasteiger partial charge in [0.05, 0.1) is 10.9 Å². The summed E-state index contributed by atoms with van der Waals surface area (Å²) in [5.41, 5.74) is 3.51. The summed E-state index contributed by atoms with van der Waals surface area (Å²) in [6.07, 6.45) is 1.84. The van der Waals surface area contributed by atoms with Gasteiger partial charge in [-0.05, 0) is 55.2 Å². The van der Waals surface area contributed by atoms with Crippen molar-refractivity contribution in [3.63, 3.8) is 0 Å². The first-order chi connectivity index (χ1) is 11.9. The van der Waals surface area contributed by atoms with Gasteiger partial charge in [0.15, 0.2) is 5.82 Å². The number of hydrogen-bond acceptors (Lipinski definition) is 4. The average Bonchev–Trinajstić information content (AvgIpc) is 3.17. The van der Waals surface area contributed by atoms with E-state index in [9.17, 15) is 8.42 Å². The summed E-state index contributed by atoms with van der Waals surface area (Å²) in [6, 6.07) is 15.1. The number of benzene rings is 2. The van der Waals surface area contributed by atoms with Crippen LogP contribution < -0.4 is 5.14 Å². The molecule has 6 nitrogen and oxygen atoms in total. The number of fused-ring (bicyclic) bond motifs is 1. The molecule has 0 saturated heterocycles. The number of rotatable bonds is 3. The van der Waals surface area contributed by atoms with Crippen molar-refractivity contribution in [2.45, 2.75) is 30.7 Å². The van der Waals surface area contributed by atoms with Gasteiger partial charge in [-0.2, -0.15) is 5.10 Å². The van der Waals surface area contributed by atoms with Crippen LogP contribution >= 0.6 is 0 Å². The van der Waals surface area contributed by atoms with Crippen molar-refractivity contribution < 1.29 is 8.42 Å². The van der Waals surface area contributed by atoms with Gasteiger partial charge in [-0.15, -0.1) is 0 Å². The van der Waals surface area contributed by atoms with Crippen molar-refractivity contribution in [3.8, 4) is 11.4 Å². The molecule has 1 aliphatic carbocycles. The molecule has 2 N–H and O–H groups in total. The lowest BCUT2D eigenvalue weighted by Gasteiger charge is -2.13. The highest BCUT2D eigenvalue weighted by Crippen LogP contribution is 2.32. The van der Waals surface area contributed by atoms with Crippen molar-refractivity contribution in [3.05, 3.63) is 65.5 Å². The highest BCUT2D eigenvalue weighted by Gasteiger charge is 2.26. The highest BCUT2D eigenvalue weighted by atomic mass is 32.2. The average molecular weight is 354 g/mol. The Morgan fingerprint density at radius 2 is 1.64 bits per heavy atom. The largest absolute Gasteiger partial charge is 0.242 e. The molecule has 0 amide bonds. The summed E-state index contributed by atoms with van der Waals surface area (Å²) in [4.78, 5) is 4.64. The van der Waals surface area contributed by atoms with E-state index in [2.05, 4.69) is 34.3 Å². The van der Waals surface area contributed by atoms with Gasteiger partial charge in [-0.3, -0.25) is 0 Å². The third-order valence-electron chi connectivity index (χ3n) is 4.55. The lowest BCUT2D eigenvalue weighted by atomic mass is 10.1. The zero-order valence-electron chi connectivity index (χ0n) is 13.8. The molecule has 3 aromatic rings. The van der Waals surface area contributed by atoms with Crippen molar-refractivity contribution in [1.29, 1.82) is 0 Å². The molecular formula is C18H18N4O2S. The van der Waals surface area contributed by atoms with Crippen molar-refractivity contribution in [1.82, 2.24) is 14.8 Å². The molecule has 0 radical (unpaired) electrons. The molecule has 0 spiro atoms. The van der Waals surface area contributed by atoms with Gasteiger partial charge in [0.1, 0.15) is 5.82 Å². The van der Waals surface area contributed by atoms with E-state index >= 15 is 0 Å². The Balaban J connectivity index is 1.71. The summed E-state index contributed by atoms with van der Waals surface area (Å²) in [5, 5.41) is 9.75. The van der Waals surface area contributed by atoms with E-state index in [4.69, 9.17) is 5.14 Å². The van der Waals surface area contributed by atoms with Crippen LogP contribution in [0.2, 0.25) is 0 Å². The van der Waals surface area contributed by atoms with E-state index in [1.807, 2.05) is 11.6 Å². The van der Waals surface area contributed by atoms with Crippen LogP contribution in [-0.2, 0) is 22.9 Å². The zero-order valence-corrected chi connectivity index (χ0v) is 14.6. The molecule has 0 unspecified atom stereocenters. The lowest BCUT2D eigenvalue weighted by molar-refractivity contribution is 0.477. The molecule has 0 saturated carbocycles.